The van der Waals surface area contributed by atoms with Crippen LogP contribution in [0.25, 0.3) is 11.1 Å². The van der Waals surface area contributed by atoms with E-state index in [0.717, 1.165) is 16.7 Å². The summed E-state index contributed by atoms with van der Waals surface area (Å²) in [4.78, 5) is 11.0. The van der Waals surface area contributed by atoms with Crippen molar-refractivity contribution in [3.8, 4) is 11.1 Å². The Morgan fingerprint density at radius 2 is 1.79 bits per heavy atom. The van der Waals surface area contributed by atoms with Gasteiger partial charge in [0.1, 0.15) is 0 Å². The maximum absolute atomic E-state index is 11.3. The Morgan fingerprint density at radius 3 is 2.42 bits per heavy atom. The molecule has 1 aliphatic carbocycles. The van der Waals surface area contributed by atoms with Crippen molar-refractivity contribution in [2.24, 2.45) is 0 Å². The van der Waals surface area contributed by atoms with Gasteiger partial charge in [0.2, 0.25) is 0 Å². The van der Waals surface area contributed by atoms with Crippen molar-refractivity contribution in [1.29, 1.82) is 5.41 Å². The highest BCUT2D eigenvalue weighted by Gasteiger charge is 2.32. The molecule has 0 unspecified atom stereocenters. The van der Waals surface area contributed by atoms with Gasteiger partial charge in [-0.15, -0.1) is 0 Å². The summed E-state index contributed by atoms with van der Waals surface area (Å²) in [5.41, 5.74) is 3.97. The fraction of sp³-hybridized carbons (Fsp3) is 0.133. The van der Waals surface area contributed by atoms with Gasteiger partial charge < -0.3 is 0 Å². The average Bonchev–Trinajstić information content (AvgIpc) is 2.72. The Kier molecular flexibility index (Phi) is 2.45. The minimum absolute atomic E-state index is 0.0844. The second-order valence-corrected chi connectivity index (χ2v) is 4.53. The van der Waals surface area contributed by atoms with E-state index in [-0.39, 0.29) is 16.3 Å². The fourth-order valence-corrected chi connectivity index (χ4v) is 2.68. The third kappa shape index (κ3) is 1.50. The molecule has 0 aromatic heterocycles. The Hall–Kier alpha value is -2.49. The zero-order valence-electron chi connectivity index (χ0n) is 10.4. The van der Waals surface area contributed by atoms with Crippen molar-refractivity contribution in [2.45, 2.75) is 13.3 Å². The van der Waals surface area contributed by atoms with E-state index in [2.05, 4.69) is 0 Å². The molecule has 0 amide bonds. The first-order valence-corrected chi connectivity index (χ1v) is 6.14. The molecule has 0 bridgehead atoms. The number of fused-ring (bicyclic) bond motifs is 3. The van der Waals surface area contributed by atoms with Crippen molar-refractivity contribution in [1.82, 2.24) is 0 Å². The molecule has 0 radical (unpaired) electrons. The lowest BCUT2D eigenvalue weighted by molar-refractivity contribution is -0.385. The van der Waals surface area contributed by atoms with Crippen LogP contribution in [0.15, 0.2) is 36.4 Å². The predicted molar refractivity (Wildman–Crippen MR) is 73.8 cm³/mol. The Labute approximate surface area is 110 Å². The van der Waals surface area contributed by atoms with Crippen LogP contribution < -0.4 is 0 Å². The number of nitrogens with zero attached hydrogens (tertiary/aromatic N) is 1. The molecule has 4 heteroatoms. The van der Waals surface area contributed by atoms with Gasteiger partial charge in [-0.3, -0.25) is 15.5 Å². The number of rotatable bonds is 2. The number of nitro benzene ring substituents is 1. The number of nitrogens with one attached hydrogen (secondary N) is 1. The predicted octanol–water partition coefficient (Wildman–Crippen LogP) is 3.55. The van der Waals surface area contributed by atoms with Crippen molar-refractivity contribution in [3.05, 3.63) is 63.2 Å². The summed E-state index contributed by atoms with van der Waals surface area (Å²) in [5, 5.41) is 19.6. The molecule has 0 spiro atoms. The number of benzene rings is 2. The first-order valence-electron chi connectivity index (χ1n) is 6.14. The quantitative estimate of drug-likeness (QED) is 0.559. The Balaban J connectivity index is 2.38. The van der Waals surface area contributed by atoms with Crippen molar-refractivity contribution in [3.63, 3.8) is 0 Å². The maximum atomic E-state index is 11.3. The lowest BCUT2D eigenvalue weighted by Crippen LogP contribution is -2.04. The highest BCUT2D eigenvalue weighted by Crippen LogP contribution is 2.42. The lowest BCUT2D eigenvalue weighted by atomic mass is 9.99. The number of hydrogen-bond acceptors (Lipinski definition) is 3. The van der Waals surface area contributed by atoms with Crippen LogP contribution in [-0.4, -0.2) is 10.6 Å². The molecule has 19 heavy (non-hydrogen) atoms. The summed E-state index contributed by atoms with van der Waals surface area (Å²) in [6, 6.07) is 11.2. The van der Waals surface area contributed by atoms with Gasteiger partial charge in [0.05, 0.1) is 16.2 Å². The fourth-order valence-electron chi connectivity index (χ4n) is 2.68. The average molecular weight is 252 g/mol. The molecule has 2 aromatic rings. The molecule has 0 atom stereocenters. The van der Waals surface area contributed by atoms with E-state index < -0.39 is 0 Å². The van der Waals surface area contributed by atoms with E-state index in [1.165, 1.54) is 0 Å². The normalized spacial score (nSPS) is 12.2. The van der Waals surface area contributed by atoms with Crippen LogP contribution in [0.5, 0.6) is 0 Å². The molecule has 0 saturated heterocycles. The maximum Gasteiger partial charge on any atom is 0.282 e. The zero-order valence-corrected chi connectivity index (χ0v) is 10.4. The van der Waals surface area contributed by atoms with Crippen LogP contribution in [-0.2, 0) is 6.42 Å². The van der Waals surface area contributed by atoms with Crippen LogP contribution >= 0.6 is 0 Å². The summed E-state index contributed by atoms with van der Waals surface area (Å²) >= 11 is 0. The zero-order chi connectivity index (χ0) is 13.6. The summed E-state index contributed by atoms with van der Waals surface area (Å²) in [6.07, 6.45) is 0.590. The van der Waals surface area contributed by atoms with E-state index >= 15 is 0 Å². The summed E-state index contributed by atoms with van der Waals surface area (Å²) in [6.45, 7) is 1.89. The molecule has 0 aliphatic heterocycles. The molecule has 3 rings (SSSR count). The van der Waals surface area contributed by atoms with Crippen LogP contribution in [0.1, 0.15) is 23.6 Å². The molecular formula is C15H12N2O2. The Morgan fingerprint density at radius 1 is 1.11 bits per heavy atom. The molecule has 0 saturated carbocycles. The second kappa shape index (κ2) is 4.02. The number of hydrogen-bond donors (Lipinski definition) is 1. The van der Waals surface area contributed by atoms with Gasteiger partial charge in [-0.05, 0) is 17.5 Å². The first-order chi connectivity index (χ1) is 9.15. The minimum Gasteiger partial charge on any atom is -0.299 e. The van der Waals surface area contributed by atoms with E-state index in [0.29, 0.717) is 17.5 Å². The summed E-state index contributed by atoms with van der Waals surface area (Å²) in [5.74, 6) is 0. The molecular weight excluding hydrogens is 240 g/mol. The van der Waals surface area contributed by atoms with E-state index in [1.54, 1.807) is 6.07 Å². The van der Waals surface area contributed by atoms with Crippen LogP contribution in [0, 0.1) is 15.5 Å². The summed E-state index contributed by atoms with van der Waals surface area (Å²) < 4.78 is 0. The minimum atomic E-state index is -0.363. The van der Waals surface area contributed by atoms with Gasteiger partial charge >= 0.3 is 0 Å². The summed E-state index contributed by atoms with van der Waals surface area (Å²) in [7, 11) is 0. The highest BCUT2D eigenvalue weighted by molar-refractivity contribution is 6.25. The third-order valence-electron chi connectivity index (χ3n) is 3.56. The van der Waals surface area contributed by atoms with Gasteiger partial charge in [-0.1, -0.05) is 43.3 Å². The standard InChI is InChI=1S/C15H12N2O2/c1-2-9-7-8-11-10-5-3-4-6-12(10)14(16)13(11)15(9)17(18)19/h3-8,16H,2H2,1H3. The molecule has 1 N–H and O–H groups in total. The van der Waals surface area contributed by atoms with E-state index in [4.69, 9.17) is 5.41 Å². The molecule has 4 nitrogen and oxygen atoms in total. The molecule has 2 aromatic carbocycles. The van der Waals surface area contributed by atoms with Gasteiger partial charge in [-0.25, -0.2) is 0 Å². The third-order valence-corrected chi connectivity index (χ3v) is 3.56. The Bertz CT molecular complexity index is 720. The molecule has 0 fully saturated rings. The lowest BCUT2D eigenvalue weighted by Gasteiger charge is -2.06. The number of aryl methyl sites for hydroxylation is 1. The smallest absolute Gasteiger partial charge is 0.282 e. The van der Waals surface area contributed by atoms with E-state index in [1.807, 2.05) is 37.3 Å². The van der Waals surface area contributed by atoms with Crippen LogP contribution in [0.2, 0.25) is 0 Å². The van der Waals surface area contributed by atoms with Crippen molar-refractivity contribution in [2.75, 3.05) is 0 Å². The van der Waals surface area contributed by atoms with Crippen LogP contribution in [0.3, 0.4) is 0 Å². The van der Waals surface area contributed by atoms with Gasteiger partial charge in [0, 0.05) is 11.1 Å². The molecule has 1 aliphatic rings. The highest BCUT2D eigenvalue weighted by atomic mass is 16.6. The van der Waals surface area contributed by atoms with Crippen molar-refractivity contribution >= 4 is 11.4 Å². The van der Waals surface area contributed by atoms with Gasteiger partial charge in [0.15, 0.2) is 0 Å². The van der Waals surface area contributed by atoms with Gasteiger partial charge in [-0.2, -0.15) is 0 Å². The second-order valence-electron chi connectivity index (χ2n) is 4.53. The number of nitro groups is 1. The molecule has 94 valence electrons. The largest absolute Gasteiger partial charge is 0.299 e. The molecule has 0 heterocycles. The first kappa shape index (κ1) is 11.6. The van der Waals surface area contributed by atoms with Gasteiger partial charge in [0.25, 0.3) is 5.69 Å². The van der Waals surface area contributed by atoms with Crippen LogP contribution in [0.4, 0.5) is 5.69 Å². The topological polar surface area (TPSA) is 67.0 Å². The monoisotopic (exact) mass is 252 g/mol. The van der Waals surface area contributed by atoms with Crippen molar-refractivity contribution < 1.29 is 4.92 Å². The SMILES string of the molecule is CCc1ccc2c(c1[N+](=O)[O-])C(=N)c1ccccc1-2. The van der Waals surface area contributed by atoms with E-state index in [9.17, 15) is 10.1 Å².